The quantitative estimate of drug-likeness (QED) is 0.626. The Bertz CT molecular complexity index is 523. The third kappa shape index (κ3) is 2.87. The molecule has 92 valence electrons. The van der Waals surface area contributed by atoms with Crippen molar-refractivity contribution in [2.75, 3.05) is 10.4 Å². The first-order chi connectivity index (χ1) is 8.66. The van der Waals surface area contributed by atoms with E-state index in [0.29, 0.717) is 16.4 Å². The van der Waals surface area contributed by atoms with Gasteiger partial charge in [-0.05, 0) is 31.2 Å². The number of hydroxylamine groups is 1. The molecule has 0 spiro atoms. The number of anilines is 2. The van der Waals surface area contributed by atoms with Gasteiger partial charge < -0.3 is 5.32 Å². The number of rotatable bonds is 2. The zero-order chi connectivity index (χ0) is 13.0. The number of aryl methyl sites for hydroxylation is 1. The third-order valence-electron chi connectivity index (χ3n) is 2.50. The predicted octanol–water partition coefficient (Wildman–Crippen LogP) is 3.42. The van der Waals surface area contributed by atoms with Crippen LogP contribution in [0.5, 0.6) is 0 Å². The average Bonchev–Trinajstić information content (AvgIpc) is 2.40. The number of amides is 2. The summed E-state index contributed by atoms with van der Waals surface area (Å²) in [6.45, 7) is 1.94. The summed E-state index contributed by atoms with van der Waals surface area (Å²) >= 11 is 0. The van der Waals surface area contributed by atoms with E-state index in [2.05, 4.69) is 5.32 Å². The smallest absolute Gasteiger partial charge is 0.306 e. The van der Waals surface area contributed by atoms with Crippen molar-refractivity contribution in [1.82, 2.24) is 0 Å². The van der Waals surface area contributed by atoms with Gasteiger partial charge in [0.05, 0.1) is 5.69 Å². The largest absolute Gasteiger partial charge is 0.350 e. The number of nitrogens with zero attached hydrogens (tertiary/aromatic N) is 1. The molecule has 2 amide bonds. The number of hydrogen-bond donors (Lipinski definition) is 2. The van der Waals surface area contributed by atoms with E-state index in [1.807, 2.05) is 37.3 Å². The van der Waals surface area contributed by atoms with Crippen molar-refractivity contribution in [3.63, 3.8) is 0 Å². The summed E-state index contributed by atoms with van der Waals surface area (Å²) in [5.41, 5.74) is 2.12. The Labute approximate surface area is 105 Å². The van der Waals surface area contributed by atoms with Crippen LogP contribution in [0.25, 0.3) is 0 Å². The molecule has 4 nitrogen and oxygen atoms in total. The number of benzene rings is 2. The van der Waals surface area contributed by atoms with Crippen molar-refractivity contribution in [3.05, 3.63) is 60.2 Å². The lowest BCUT2D eigenvalue weighted by atomic mass is 10.2. The van der Waals surface area contributed by atoms with E-state index in [1.54, 1.807) is 24.3 Å². The fraction of sp³-hybridized carbons (Fsp3) is 0.0714. The number of urea groups is 1. The Kier molecular flexibility index (Phi) is 3.60. The second-order valence-electron chi connectivity index (χ2n) is 3.94. The first-order valence-corrected chi connectivity index (χ1v) is 5.58. The van der Waals surface area contributed by atoms with Crippen molar-refractivity contribution < 1.29 is 10.0 Å². The Balaban J connectivity index is 2.07. The van der Waals surface area contributed by atoms with Crippen LogP contribution in [-0.4, -0.2) is 11.2 Å². The van der Waals surface area contributed by atoms with Crippen LogP contribution in [0.1, 0.15) is 5.56 Å². The summed E-state index contributed by atoms with van der Waals surface area (Å²) < 4.78 is 0. The van der Waals surface area contributed by atoms with Gasteiger partial charge in [0, 0.05) is 5.69 Å². The molecule has 2 aromatic rings. The molecule has 18 heavy (non-hydrogen) atoms. The normalized spacial score (nSPS) is 9.89. The summed E-state index contributed by atoms with van der Waals surface area (Å²) in [6.07, 6.45) is 0. The van der Waals surface area contributed by atoms with Gasteiger partial charge >= 0.3 is 6.03 Å². The minimum absolute atomic E-state index is 0.425. The van der Waals surface area contributed by atoms with Crippen LogP contribution < -0.4 is 10.4 Å². The number of carbonyl (C=O) groups excluding carboxylic acids is 1. The Morgan fingerprint density at radius 2 is 1.67 bits per heavy atom. The Hall–Kier alpha value is -2.33. The molecule has 0 aliphatic heterocycles. The van der Waals surface area contributed by atoms with E-state index in [0.717, 1.165) is 5.56 Å². The van der Waals surface area contributed by atoms with E-state index >= 15 is 0 Å². The van der Waals surface area contributed by atoms with Gasteiger partial charge in [-0.15, -0.1) is 0 Å². The van der Waals surface area contributed by atoms with Crippen LogP contribution >= 0.6 is 0 Å². The number of carbonyl (C=O) groups is 1. The molecule has 0 saturated carbocycles. The third-order valence-corrected chi connectivity index (χ3v) is 2.50. The SMILES string of the molecule is Cc1ccc(N(O)C(=O)Nc2ccccc2)cc1. The molecule has 0 saturated heterocycles. The van der Waals surface area contributed by atoms with Gasteiger partial charge in [0.1, 0.15) is 0 Å². The number of para-hydroxylation sites is 1. The van der Waals surface area contributed by atoms with E-state index < -0.39 is 6.03 Å². The molecular weight excluding hydrogens is 228 g/mol. The van der Waals surface area contributed by atoms with Gasteiger partial charge in [-0.3, -0.25) is 5.21 Å². The van der Waals surface area contributed by atoms with Crippen LogP contribution in [-0.2, 0) is 0 Å². The Morgan fingerprint density at radius 1 is 1.06 bits per heavy atom. The number of hydrogen-bond acceptors (Lipinski definition) is 2. The molecule has 0 aliphatic carbocycles. The van der Waals surface area contributed by atoms with E-state index in [-0.39, 0.29) is 0 Å². The summed E-state index contributed by atoms with van der Waals surface area (Å²) in [5, 5.41) is 12.9. The molecule has 0 aromatic heterocycles. The van der Waals surface area contributed by atoms with Crippen molar-refractivity contribution in [3.8, 4) is 0 Å². The first kappa shape index (κ1) is 12.1. The highest BCUT2D eigenvalue weighted by atomic mass is 16.5. The molecular formula is C14H14N2O2. The molecule has 0 fully saturated rings. The lowest BCUT2D eigenvalue weighted by molar-refractivity contribution is 0.216. The van der Waals surface area contributed by atoms with Gasteiger partial charge in [-0.25, -0.2) is 4.79 Å². The summed E-state index contributed by atoms with van der Waals surface area (Å²) in [5.74, 6) is 0. The second kappa shape index (κ2) is 5.33. The van der Waals surface area contributed by atoms with Crippen molar-refractivity contribution in [2.45, 2.75) is 6.92 Å². The summed E-state index contributed by atoms with van der Waals surface area (Å²) in [4.78, 5) is 11.8. The lowest BCUT2D eigenvalue weighted by Gasteiger charge is -2.15. The molecule has 2 aromatic carbocycles. The highest BCUT2D eigenvalue weighted by Gasteiger charge is 2.12. The second-order valence-corrected chi connectivity index (χ2v) is 3.94. The summed E-state index contributed by atoms with van der Waals surface area (Å²) in [6, 6.07) is 15.4. The van der Waals surface area contributed by atoms with Gasteiger partial charge in [0.25, 0.3) is 0 Å². The molecule has 2 rings (SSSR count). The maximum Gasteiger partial charge on any atom is 0.350 e. The number of nitrogens with one attached hydrogen (secondary N) is 1. The average molecular weight is 242 g/mol. The predicted molar refractivity (Wildman–Crippen MR) is 70.9 cm³/mol. The van der Waals surface area contributed by atoms with Crippen LogP contribution in [0.15, 0.2) is 54.6 Å². The van der Waals surface area contributed by atoms with Crippen LogP contribution in [0, 0.1) is 6.92 Å². The van der Waals surface area contributed by atoms with Gasteiger partial charge in [-0.2, -0.15) is 5.06 Å². The maximum absolute atomic E-state index is 11.8. The molecule has 0 unspecified atom stereocenters. The van der Waals surface area contributed by atoms with Crippen LogP contribution in [0.4, 0.5) is 16.2 Å². The molecule has 2 N–H and O–H groups in total. The first-order valence-electron chi connectivity index (χ1n) is 5.58. The van der Waals surface area contributed by atoms with E-state index in [9.17, 15) is 10.0 Å². The lowest BCUT2D eigenvalue weighted by Crippen LogP contribution is -2.31. The van der Waals surface area contributed by atoms with Crippen LogP contribution in [0.2, 0.25) is 0 Å². The highest BCUT2D eigenvalue weighted by Crippen LogP contribution is 2.15. The van der Waals surface area contributed by atoms with Crippen molar-refractivity contribution in [2.24, 2.45) is 0 Å². The molecule has 0 heterocycles. The van der Waals surface area contributed by atoms with Crippen molar-refractivity contribution >= 4 is 17.4 Å². The molecule has 0 bridgehead atoms. The fourth-order valence-corrected chi connectivity index (χ4v) is 1.50. The van der Waals surface area contributed by atoms with E-state index in [4.69, 9.17) is 0 Å². The van der Waals surface area contributed by atoms with Gasteiger partial charge in [0.2, 0.25) is 0 Å². The molecule has 0 aliphatic rings. The summed E-state index contributed by atoms with van der Waals surface area (Å²) in [7, 11) is 0. The monoisotopic (exact) mass is 242 g/mol. The standard InChI is InChI=1S/C14H14N2O2/c1-11-7-9-13(10-8-11)16(18)14(17)15-12-5-3-2-4-6-12/h2-10,18H,1H3,(H,15,17). The zero-order valence-electron chi connectivity index (χ0n) is 10.00. The minimum atomic E-state index is -0.593. The van der Waals surface area contributed by atoms with E-state index in [1.165, 1.54) is 0 Å². The topological polar surface area (TPSA) is 52.6 Å². The molecule has 0 atom stereocenters. The highest BCUT2D eigenvalue weighted by molar-refractivity contribution is 5.99. The zero-order valence-corrected chi connectivity index (χ0v) is 10.00. The molecule has 0 radical (unpaired) electrons. The van der Waals surface area contributed by atoms with Crippen molar-refractivity contribution in [1.29, 1.82) is 0 Å². The van der Waals surface area contributed by atoms with Crippen LogP contribution in [0.3, 0.4) is 0 Å². The van der Waals surface area contributed by atoms with Gasteiger partial charge in [0.15, 0.2) is 0 Å². The fourth-order valence-electron chi connectivity index (χ4n) is 1.50. The maximum atomic E-state index is 11.8. The molecule has 4 heteroatoms. The van der Waals surface area contributed by atoms with Gasteiger partial charge in [-0.1, -0.05) is 35.9 Å². The minimum Gasteiger partial charge on any atom is -0.306 e. The Morgan fingerprint density at radius 3 is 2.28 bits per heavy atom.